The third kappa shape index (κ3) is 3.75. The number of anilines is 1. The summed E-state index contributed by atoms with van der Waals surface area (Å²) in [5, 5.41) is 3.15. The molecule has 0 unspecified atom stereocenters. The van der Waals surface area contributed by atoms with Gasteiger partial charge in [0.05, 0.1) is 10.0 Å². The molecule has 0 spiro atoms. The van der Waals surface area contributed by atoms with Crippen LogP contribution < -0.4 is 5.32 Å². The zero-order valence-corrected chi connectivity index (χ0v) is 16.3. The molecule has 2 heterocycles. The summed E-state index contributed by atoms with van der Waals surface area (Å²) in [7, 11) is 0. The van der Waals surface area contributed by atoms with E-state index in [4.69, 9.17) is 23.2 Å². The molecule has 0 fully saturated rings. The van der Waals surface area contributed by atoms with Crippen molar-refractivity contribution in [3.8, 4) is 11.1 Å². The van der Waals surface area contributed by atoms with Crippen molar-refractivity contribution in [2.45, 2.75) is 0 Å². The number of hydrogen-bond donors (Lipinski definition) is 1. The van der Waals surface area contributed by atoms with Crippen molar-refractivity contribution in [3.63, 3.8) is 0 Å². The maximum absolute atomic E-state index is 13.3. The van der Waals surface area contributed by atoms with Crippen molar-refractivity contribution in [2.24, 2.45) is 0 Å². The molecule has 7 heteroatoms. The topological polar surface area (TPSA) is 50.6 Å². The van der Waals surface area contributed by atoms with E-state index < -0.39 is 11.7 Å². The van der Waals surface area contributed by atoms with Gasteiger partial charge in [-0.15, -0.1) is 0 Å². The smallest absolute Gasteiger partial charge is 0.298 e. The van der Waals surface area contributed by atoms with Gasteiger partial charge in [0.25, 0.3) is 11.7 Å². The van der Waals surface area contributed by atoms with Crippen molar-refractivity contribution >= 4 is 46.1 Å². The number of amides is 1. The van der Waals surface area contributed by atoms with Crippen LogP contribution in [0.1, 0.15) is 10.5 Å². The van der Waals surface area contributed by atoms with Crippen molar-refractivity contribution in [3.05, 3.63) is 94.5 Å². The van der Waals surface area contributed by atoms with Gasteiger partial charge in [-0.25, -0.2) is 4.39 Å². The number of nitrogens with zero attached hydrogens (tertiary/aromatic N) is 1. The first-order valence-corrected chi connectivity index (χ1v) is 9.36. The molecule has 0 aliphatic rings. The second-order valence-electron chi connectivity index (χ2n) is 6.32. The third-order valence-electron chi connectivity index (χ3n) is 4.43. The molecule has 0 atom stereocenters. The Morgan fingerprint density at radius 2 is 1.66 bits per heavy atom. The highest BCUT2D eigenvalue weighted by Gasteiger charge is 2.25. The number of nitrogens with one attached hydrogen (secondary N) is 1. The maximum Gasteiger partial charge on any atom is 0.298 e. The highest BCUT2D eigenvalue weighted by Crippen LogP contribution is 2.29. The van der Waals surface area contributed by atoms with Crippen LogP contribution in [-0.2, 0) is 4.79 Å². The van der Waals surface area contributed by atoms with Crippen LogP contribution in [0.5, 0.6) is 0 Å². The van der Waals surface area contributed by atoms with Crippen LogP contribution in [0.25, 0.3) is 16.6 Å². The summed E-state index contributed by atoms with van der Waals surface area (Å²) in [6.07, 6.45) is 1.70. The van der Waals surface area contributed by atoms with Gasteiger partial charge >= 0.3 is 0 Å². The molecule has 2 aromatic carbocycles. The number of Topliss-reactive ketones (excluding diaryl/α,β-unsaturated/α-hetero) is 1. The average Bonchev–Trinajstić information content (AvgIpc) is 3.10. The number of rotatable bonds is 4. The number of aromatic nitrogens is 1. The zero-order chi connectivity index (χ0) is 20.5. The predicted molar refractivity (Wildman–Crippen MR) is 112 cm³/mol. The van der Waals surface area contributed by atoms with E-state index in [2.05, 4.69) is 5.32 Å². The molecule has 0 bridgehead atoms. The van der Waals surface area contributed by atoms with Crippen molar-refractivity contribution in [1.29, 1.82) is 0 Å². The molecule has 0 aliphatic heterocycles. The largest absolute Gasteiger partial charge is 0.319 e. The minimum atomic E-state index is -0.824. The predicted octanol–water partition coefficient (Wildman–Crippen LogP) is 5.87. The SMILES string of the molecule is O=C(Nc1ccc(Cl)c(Cl)c1)C(=O)c1c(-c2ccc(F)cc2)cc2ccccn12. The number of ketones is 1. The Hall–Kier alpha value is -3.15. The summed E-state index contributed by atoms with van der Waals surface area (Å²) in [4.78, 5) is 25.7. The van der Waals surface area contributed by atoms with Gasteiger partial charge in [0.2, 0.25) is 0 Å². The molecule has 144 valence electrons. The van der Waals surface area contributed by atoms with Gasteiger partial charge < -0.3 is 9.72 Å². The lowest BCUT2D eigenvalue weighted by Gasteiger charge is -2.08. The van der Waals surface area contributed by atoms with Crippen LogP contribution in [0.2, 0.25) is 10.0 Å². The molecule has 4 nitrogen and oxygen atoms in total. The number of carbonyl (C=O) groups is 2. The molecular weight excluding hydrogens is 414 g/mol. The van der Waals surface area contributed by atoms with Gasteiger partial charge in [0.1, 0.15) is 11.5 Å². The second-order valence-corrected chi connectivity index (χ2v) is 7.14. The van der Waals surface area contributed by atoms with E-state index in [1.807, 2.05) is 12.1 Å². The maximum atomic E-state index is 13.3. The fourth-order valence-electron chi connectivity index (χ4n) is 3.07. The Balaban J connectivity index is 1.76. The molecule has 0 saturated carbocycles. The first-order valence-electron chi connectivity index (χ1n) is 8.61. The Labute approximate surface area is 175 Å². The molecule has 4 aromatic rings. The van der Waals surface area contributed by atoms with E-state index in [1.165, 1.54) is 24.3 Å². The van der Waals surface area contributed by atoms with Gasteiger partial charge in [-0.2, -0.15) is 0 Å². The molecule has 4 rings (SSSR count). The summed E-state index contributed by atoms with van der Waals surface area (Å²) in [5.41, 5.74) is 2.43. The number of benzene rings is 2. The Bertz CT molecular complexity index is 1250. The Morgan fingerprint density at radius 3 is 2.38 bits per heavy atom. The third-order valence-corrected chi connectivity index (χ3v) is 5.17. The second kappa shape index (κ2) is 7.70. The number of halogens is 3. The molecule has 29 heavy (non-hydrogen) atoms. The van der Waals surface area contributed by atoms with Crippen LogP contribution in [0.3, 0.4) is 0 Å². The van der Waals surface area contributed by atoms with Gasteiger partial charge in [-0.1, -0.05) is 41.4 Å². The molecule has 0 radical (unpaired) electrons. The lowest BCUT2D eigenvalue weighted by Crippen LogP contribution is -2.24. The van der Waals surface area contributed by atoms with E-state index in [-0.39, 0.29) is 16.5 Å². The summed E-state index contributed by atoms with van der Waals surface area (Å²) in [6, 6.07) is 17.5. The number of carbonyl (C=O) groups excluding carboxylic acids is 2. The fraction of sp³-hybridized carbons (Fsp3) is 0. The van der Waals surface area contributed by atoms with Crippen molar-refractivity contribution < 1.29 is 14.0 Å². The molecule has 2 aromatic heterocycles. The highest BCUT2D eigenvalue weighted by atomic mass is 35.5. The molecule has 1 N–H and O–H groups in total. The minimum Gasteiger partial charge on any atom is -0.319 e. The van der Waals surface area contributed by atoms with Gasteiger partial charge in [-0.3, -0.25) is 9.59 Å². The van der Waals surface area contributed by atoms with Gasteiger partial charge in [-0.05, 0) is 54.1 Å². The first-order chi connectivity index (χ1) is 13.9. The summed E-state index contributed by atoms with van der Waals surface area (Å²) in [6.45, 7) is 0. The summed E-state index contributed by atoms with van der Waals surface area (Å²) < 4.78 is 15.0. The van der Waals surface area contributed by atoms with Crippen molar-refractivity contribution in [1.82, 2.24) is 4.40 Å². The molecule has 0 aliphatic carbocycles. The van der Waals surface area contributed by atoms with Gasteiger partial charge in [0.15, 0.2) is 0 Å². The monoisotopic (exact) mass is 426 g/mol. The zero-order valence-electron chi connectivity index (χ0n) is 14.8. The number of pyridine rings is 1. The lowest BCUT2D eigenvalue weighted by atomic mass is 10.0. The minimum absolute atomic E-state index is 0.185. The van der Waals surface area contributed by atoms with E-state index >= 15 is 0 Å². The Morgan fingerprint density at radius 1 is 0.897 bits per heavy atom. The Kier molecular flexibility index (Phi) is 5.09. The van der Waals surface area contributed by atoms with E-state index in [0.717, 1.165) is 5.52 Å². The summed E-state index contributed by atoms with van der Waals surface area (Å²) in [5.74, 6) is -1.94. The fourth-order valence-corrected chi connectivity index (χ4v) is 3.37. The van der Waals surface area contributed by atoms with E-state index in [0.29, 0.717) is 21.8 Å². The number of hydrogen-bond acceptors (Lipinski definition) is 2. The van der Waals surface area contributed by atoms with Crippen LogP contribution >= 0.6 is 23.2 Å². The quantitative estimate of drug-likeness (QED) is 0.327. The van der Waals surface area contributed by atoms with Gasteiger partial charge in [0, 0.05) is 23.0 Å². The first kappa shape index (κ1) is 19.2. The van der Waals surface area contributed by atoms with E-state index in [1.54, 1.807) is 40.9 Å². The molecule has 1 amide bonds. The van der Waals surface area contributed by atoms with Crippen LogP contribution in [0, 0.1) is 5.82 Å². The van der Waals surface area contributed by atoms with Crippen LogP contribution in [0.15, 0.2) is 72.9 Å². The van der Waals surface area contributed by atoms with Crippen LogP contribution in [0.4, 0.5) is 10.1 Å². The van der Waals surface area contributed by atoms with Crippen LogP contribution in [-0.4, -0.2) is 16.1 Å². The standard InChI is InChI=1S/C22H13Cl2FN2O2/c23-18-9-8-15(11-19(18)24)26-22(29)21(28)20-17(13-4-6-14(25)7-5-13)12-16-3-1-2-10-27(16)20/h1-12H,(H,26,29). The summed E-state index contributed by atoms with van der Waals surface area (Å²) >= 11 is 11.9. The lowest BCUT2D eigenvalue weighted by molar-refractivity contribution is -0.112. The van der Waals surface area contributed by atoms with E-state index in [9.17, 15) is 14.0 Å². The average molecular weight is 427 g/mol. The molecule has 0 saturated heterocycles. The molecular formula is C22H13Cl2FN2O2. The number of fused-ring (bicyclic) bond motifs is 1. The normalized spacial score (nSPS) is 10.9. The highest BCUT2D eigenvalue weighted by molar-refractivity contribution is 6.47. The van der Waals surface area contributed by atoms with Crippen molar-refractivity contribution in [2.75, 3.05) is 5.32 Å².